The number of halogens is 1. The molecule has 2 rings (SSSR count). The van der Waals surface area contributed by atoms with Gasteiger partial charge in [0.25, 0.3) is 0 Å². The highest BCUT2D eigenvalue weighted by Gasteiger charge is 2.10. The van der Waals surface area contributed by atoms with E-state index in [1.54, 1.807) is 13.1 Å². The second-order valence-electron chi connectivity index (χ2n) is 6.09. The van der Waals surface area contributed by atoms with Gasteiger partial charge >= 0.3 is 0 Å². The third-order valence-electron chi connectivity index (χ3n) is 4.12. The van der Waals surface area contributed by atoms with Crippen molar-refractivity contribution in [3.8, 4) is 0 Å². The Hall–Kier alpha value is -2.17. The van der Waals surface area contributed by atoms with Crippen molar-refractivity contribution >= 4 is 41.7 Å². The van der Waals surface area contributed by atoms with Crippen molar-refractivity contribution < 1.29 is 4.79 Å². The Balaban J connectivity index is 0.00000364. The van der Waals surface area contributed by atoms with E-state index in [0.29, 0.717) is 31.3 Å². The number of carbonyl (C=O) groups is 1. The van der Waals surface area contributed by atoms with Gasteiger partial charge in [-0.25, -0.2) is 4.98 Å². The first-order chi connectivity index (χ1) is 12.4. The number of anilines is 1. The van der Waals surface area contributed by atoms with Crippen LogP contribution in [-0.4, -0.2) is 40.2 Å². The summed E-state index contributed by atoms with van der Waals surface area (Å²) in [5.74, 6) is 1.12. The largest absolute Gasteiger partial charge is 0.356 e. The van der Waals surface area contributed by atoms with Crippen molar-refractivity contribution in [2.75, 3.05) is 18.9 Å². The van der Waals surface area contributed by atoms with Crippen LogP contribution < -0.4 is 16.0 Å². The topological polar surface area (TPSA) is 96.2 Å². The number of hydrogen-bond donors (Lipinski definition) is 3. The number of nitrogens with one attached hydrogen (secondary N) is 3. The van der Waals surface area contributed by atoms with Crippen molar-refractivity contribution in [3.63, 3.8) is 0 Å². The minimum atomic E-state index is -0.0926. The Morgan fingerprint density at radius 1 is 1.22 bits per heavy atom. The van der Waals surface area contributed by atoms with Gasteiger partial charge in [-0.2, -0.15) is 5.10 Å². The van der Waals surface area contributed by atoms with Gasteiger partial charge in [0, 0.05) is 50.6 Å². The standard InChI is InChI=1S/C18H27N7O.HI/c1-12-7-6-8-16(22-12)23-17(26)9-10-20-18(19-4)21-11-15-13(2)24-25(5)14(15)3;/h6-8H,9-11H2,1-5H3,(H2,19,20,21)(H,22,23,26);1H. The Bertz CT molecular complexity index is 801. The van der Waals surface area contributed by atoms with Crippen molar-refractivity contribution in [2.24, 2.45) is 12.0 Å². The van der Waals surface area contributed by atoms with E-state index >= 15 is 0 Å². The highest BCUT2D eigenvalue weighted by Crippen LogP contribution is 2.11. The average molecular weight is 485 g/mol. The number of aliphatic imine (C=N–C) groups is 1. The lowest BCUT2D eigenvalue weighted by Gasteiger charge is -2.12. The van der Waals surface area contributed by atoms with Gasteiger partial charge in [-0.1, -0.05) is 6.07 Å². The summed E-state index contributed by atoms with van der Waals surface area (Å²) < 4.78 is 1.87. The van der Waals surface area contributed by atoms with Gasteiger partial charge in [0.15, 0.2) is 5.96 Å². The smallest absolute Gasteiger partial charge is 0.227 e. The zero-order chi connectivity index (χ0) is 19.1. The third-order valence-corrected chi connectivity index (χ3v) is 4.12. The molecule has 2 aromatic rings. The van der Waals surface area contributed by atoms with Crippen LogP contribution in [0.5, 0.6) is 0 Å². The van der Waals surface area contributed by atoms with E-state index in [4.69, 9.17) is 0 Å². The first-order valence-corrected chi connectivity index (χ1v) is 8.57. The lowest BCUT2D eigenvalue weighted by atomic mass is 10.2. The first kappa shape index (κ1) is 22.9. The van der Waals surface area contributed by atoms with Crippen molar-refractivity contribution in [1.82, 2.24) is 25.4 Å². The van der Waals surface area contributed by atoms with Crippen molar-refractivity contribution in [3.05, 3.63) is 40.8 Å². The molecule has 0 unspecified atom stereocenters. The summed E-state index contributed by atoms with van der Waals surface area (Å²) in [6.07, 6.45) is 0.321. The van der Waals surface area contributed by atoms with E-state index in [2.05, 4.69) is 31.0 Å². The maximum atomic E-state index is 12.0. The first-order valence-electron chi connectivity index (χ1n) is 8.57. The summed E-state index contributed by atoms with van der Waals surface area (Å²) >= 11 is 0. The van der Waals surface area contributed by atoms with Crippen LogP contribution in [0, 0.1) is 20.8 Å². The molecule has 9 heteroatoms. The second-order valence-corrected chi connectivity index (χ2v) is 6.09. The summed E-state index contributed by atoms with van der Waals surface area (Å²) in [5, 5.41) is 13.6. The molecular weight excluding hydrogens is 457 g/mol. The fourth-order valence-electron chi connectivity index (χ4n) is 2.58. The quantitative estimate of drug-likeness (QED) is 0.331. The van der Waals surface area contributed by atoms with E-state index in [1.165, 1.54) is 0 Å². The van der Waals surface area contributed by atoms with Crippen molar-refractivity contribution in [2.45, 2.75) is 33.7 Å². The molecule has 0 bridgehead atoms. The Kier molecular flexibility index (Phi) is 9.19. The lowest BCUT2D eigenvalue weighted by Crippen LogP contribution is -2.38. The predicted molar refractivity (Wildman–Crippen MR) is 119 cm³/mol. The zero-order valence-electron chi connectivity index (χ0n) is 16.5. The van der Waals surface area contributed by atoms with E-state index in [9.17, 15) is 4.79 Å². The van der Waals surface area contributed by atoms with Crippen LogP contribution in [0.4, 0.5) is 5.82 Å². The molecule has 0 radical (unpaired) electrons. The molecule has 0 aliphatic heterocycles. The molecule has 27 heavy (non-hydrogen) atoms. The molecule has 2 heterocycles. The van der Waals surface area contributed by atoms with Crippen LogP contribution in [0.1, 0.15) is 29.1 Å². The number of aromatic nitrogens is 3. The second kappa shape index (κ2) is 10.9. The number of hydrogen-bond acceptors (Lipinski definition) is 4. The molecule has 0 aliphatic carbocycles. The fraction of sp³-hybridized carbons (Fsp3) is 0.444. The highest BCUT2D eigenvalue weighted by molar-refractivity contribution is 14.0. The Morgan fingerprint density at radius 2 is 1.96 bits per heavy atom. The maximum absolute atomic E-state index is 12.0. The van der Waals surface area contributed by atoms with Gasteiger partial charge in [0.1, 0.15) is 5.82 Å². The van der Waals surface area contributed by atoms with Gasteiger partial charge in [0.05, 0.1) is 5.69 Å². The van der Waals surface area contributed by atoms with Crippen LogP contribution >= 0.6 is 24.0 Å². The van der Waals surface area contributed by atoms with Crippen LogP contribution in [-0.2, 0) is 18.4 Å². The van der Waals surface area contributed by atoms with Crippen LogP contribution in [0.3, 0.4) is 0 Å². The van der Waals surface area contributed by atoms with E-state index in [0.717, 1.165) is 22.6 Å². The number of amides is 1. The van der Waals surface area contributed by atoms with Gasteiger partial charge in [-0.15, -0.1) is 24.0 Å². The zero-order valence-corrected chi connectivity index (χ0v) is 18.8. The fourth-order valence-corrected chi connectivity index (χ4v) is 2.58. The molecule has 148 valence electrons. The van der Waals surface area contributed by atoms with Gasteiger partial charge in [-0.3, -0.25) is 14.5 Å². The molecule has 0 spiro atoms. The molecule has 2 aromatic heterocycles. The molecule has 0 aromatic carbocycles. The molecule has 0 aliphatic rings. The molecule has 0 fully saturated rings. The van der Waals surface area contributed by atoms with Crippen LogP contribution in [0.2, 0.25) is 0 Å². The number of carbonyl (C=O) groups excluding carboxylic acids is 1. The van der Waals surface area contributed by atoms with Crippen LogP contribution in [0.25, 0.3) is 0 Å². The predicted octanol–water partition coefficient (Wildman–Crippen LogP) is 2.05. The van der Waals surface area contributed by atoms with Crippen LogP contribution in [0.15, 0.2) is 23.2 Å². The SMILES string of the molecule is CN=C(NCCC(=O)Nc1cccc(C)n1)NCc1c(C)nn(C)c1C.I. The highest BCUT2D eigenvalue weighted by atomic mass is 127. The minimum absolute atomic E-state index is 0. The minimum Gasteiger partial charge on any atom is -0.356 e. The molecule has 0 atom stereocenters. The summed E-state index contributed by atoms with van der Waals surface area (Å²) in [7, 11) is 3.63. The normalized spacial score (nSPS) is 10.9. The monoisotopic (exact) mass is 485 g/mol. The van der Waals surface area contributed by atoms with E-state index in [-0.39, 0.29) is 29.9 Å². The number of nitrogens with zero attached hydrogens (tertiary/aromatic N) is 4. The molecular formula is C18H28IN7O. The maximum Gasteiger partial charge on any atom is 0.227 e. The number of aryl methyl sites for hydroxylation is 3. The van der Waals surface area contributed by atoms with E-state index in [1.807, 2.05) is 44.6 Å². The van der Waals surface area contributed by atoms with Crippen molar-refractivity contribution in [1.29, 1.82) is 0 Å². The molecule has 0 saturated carbocycles. The lowest BCUT2D eigenvalue weighted by molar-refractivity contribution is -0.116. The summed E-state index contributed by atoms with van der Waals surface area (Å²) in [6.45, 7) is 7.02. The number of guanidine groups is 1. The molecule has 8 nitrogen and oxygen atoms in total. The Labute approximate surface area is 177 Å². The van der Waals surface area contributed by atoms with E-state index < -0.39 is 0 Å². The van der Waals surface area contributed by atoms with Gasteiger partial charge in [-0.05, 0) is 32.9 Å². The summed E-state index contributed by atoms with van der Waals surface area (Å²) in [6, 6.07) is 5.53. The number of rotatable bonds is 6. The average Bonchev–Trinajstić information content (AvgIpc) is 2.83. The Morgan fingerprint density at radius 3 is 2.56 bits per heavy atom. The summed E-state index contributed by atoms with van der Waals surface area (Å²) in [4.78, 5) is 20.4. The van der Waals surface area contributed by atoms with Gasteiger partial charge < -0.3 is 16.0 Å². The molecule has 0 saturated heterocycles. The number of pyridine rings is 1. The van der Waals surface area contributed by atoms with Gasteiger partial charge in [0.2, 0.25) is 5.91 Å². The third kappa shape index (κ3) is 6.81. The summed E-state index contributed by atoms with van der Waals surface area (Å²) in [5.41, 5.74) is 4.14. The molecule has 1 amide bonds. The molecule has 3 N–H and O–H groups in total.